The van der Waals surface area contributed by atoms with Crippen LogP contribution in [0.1, 0.15) is 25.0 Å². The van der Waals surface area contributed by atoms with Gasteiger partial charge >= 0.3 is 10.2 Å². The molecular weight excluding hydrogens is 550 g/mol. The Labute approximate surface area is 240 Å². The Morgan fingerprint density at radius 3 is 2.07 bits per heavy atom. The second kappa shape index (κ2) is 14.2. The van der Waals surface area contributed by atoms with Crippen LogP contribution in [0.4, 0.5) is 14.5 Å². The number of amides is 2. The van der Waals surface area contributed by atoms with Crippen LogP contribution in [0, 0.1) is 17.6 Å². The minimum absolute atomic E-state index is 0.0585. The average Bonchev–Trinajstić information content (AvgIpc) is 2.94. The average molecular weight is 587 g/mol. The van der Waals surface area contributed by atoms with E-state index in [-0.39, 0.29) is 30.1 Å². The van der Waals surface area contributed by atoms with Crippen LogP contribution < -0.4 is 9.62 Å². The van der Waals surface area contributed by atoms with Gasteiger partial charge in [-0.05, 0) is 41.8 Å². The van der Waals surface area contributed by atoms with Gasteiger partial charge in [0.15, 0.2) is 0 Å². The van der Waals surface area contributed by atoms with Gasteiger partial charge < -0.3 is 10.2 Å². The normalized spacial score (nSPS) is 12.3. The Morgan fingerprint density at radius 2 is 1.49 bits per heavy atom. The SMILES string of the molecule is CC(C)CNC(=O)[C@@H](Cc1ccccc1)N(Cc1ccccc1F)C(=O)CN(c1ccc(F)cc1)S(=O)(=O)N(C)C. The minimum Gasteiger partial charge on any atom is -0.354 e. The number of anilines is 1. The van der Waals surface area contributed by atoms with E-state index in [1.54, 1.807) is 18.2 Å². The molecule has 0 fully saturated rings. The van der Waals surface area contributed by atoms with Gasteiger partial charge in [0.1, 0.15) is 24.2 Å². The molecule has 1 atom stereocenters. The molecule has 0 radical (unpaired) electrons. The van der Waals surface area contributed by atoms with E-state index in [1.165, 1.54) is 49.3 Å². The maximum absolute atomic E-state index is 14.8. The summed E-state index contributed by atoms with van der Waals surface area (Å²) < 4.78 is 56.9. The molecule has 0 aliphatic heterocycles. The van der Waals surface area contributed by atoms with Crippen molar-refractivity contribution in [1.29, 1.82) is 0 Å². The molecule has 3 aromatic rings. The summed E-state index contributed by atoms with van der Waals surface area (Å²) in [6, 6.07) is 18.6. The first-order chi connectivity index (χ1) is 19.4. The predicted molar refractivity (Wildman–Crippen MR) is 155 cm³/mol. The fourth-order valence-corrected chi connectivity index (χ4v) is 5.17. The molecule has 1 N–H and O–H groups in total. The largest absolute Gasteiger partial charge is 0.354 e. The number of hydrogen-bond acceptors (Lipinski definition) is 4. The third-order valence-electron chi connectivity index (χ3n) is 6.39. The smallest absolute Gasteiger partial charge is 0.304 e. The van der Waals surface area contributed by atoms with E-state index in [9.17, 15) is 26.8 Å². The lowest BCUT2D eigenvalue weighted by Crippen LogP contribution is -2.54. The zero-order valence-corrected chi connectivity index (χ0v) is 24.4. The van der Waals surface area contributed by atoms with E-state index in [0.29, 0.717) is 6.54 Å². The third-order valence-corrected chi connectivity index (χ3v) is 8.21. The molecule has 41 heavy (non-hydrogen) atoms. The summed E-state index contributed by atoms with van der Waals surface area (Å²) in [7, 11) is -1.60. The lowest BCUT2D eigenvalue weighted by atomic mass is 10.0. The number of carbonyl (C=O) groups excluding carboxylic acids is 2. The van der Waals surface area contributed by atoms with Crippen molar-refractivity contribution >= 4 is 27.7 Å². The van der Waals surface area contributed by atoms with Crippen molar-refractivity contribution < 1.29 is 26.8 Å². The van der Waals surface area contributed by atoms with Crippen molar-refractivity contribution in [2.75, 3.05) is 31.5 Å². The molecule has 8 nitrogen and oxygen atoms in total. The van der Waals surface area contributed by atoms with Crippen molar-refractivity contribution in [2.24, 2.45) is 5.92 Å². The van der Waals surface area contributed by atoms with Crippen molar-refractivity contribution in [1.82, 2.24) is 14.5 Å². The van der Waals surface area contributed by atoms with E-state index < -0.39 is 46.2 Å². The van der Waals surface area contributed by atoms with E-state index in [0.717, 1.165) is 26.3 Å². The summed E-state index contributed by atoms with van der Waals surface area (Å²) in [6.45, 7) is 3.23. The van der Waals surface area contributed by atoms with Crippen LogP contribution in [-0.4, -0.2) is 62.7 Å². The highest BCUT2D eigenvalue weighted by atomic mass is 32.2. The van der Waals surface area contributed by atoms with Gasteiger partial charge in [0, 0.05) is 39.2 Å². The minimum atomic E-state index is -4.22. The highest BCUT2D eigenvalue weighted by molar-refractivity contribution is 7.90. The Kier molecular flexibility index (Phi) is 11.0. The summed E-state index contributed by atoms with van der Waals surface area (Å²) in [5, 5.41) is 2.87. The highest BCUT2D eigenvalue weighted by Crippen LogP contribution is 2.22. The number of nitrogens with one attached hydrogen (secondary N) is 1. The molecule has 0 bridgehead atoms. The molecule has 11 heteroatoms. The van der Waals surface area contributed by atoms with Crippen LogP contribution in [0.5, 0.6) is 0 Å². The molecule has 2 amide bonds. The molecule has 0 aliphatic carbocycles. The quantitative estimate of drug-likeness (QED) is 0.328. The number of halogens is 2. The first-order valence-electron chi connectivity index (χ1n) is 13.2. The summed E-state index contributed by atoms with van der Waals surface area (Å²) in [5.74, 6) is -2.19. The van der Waals surface area contributed by atoms with Crippen LogP contribution in [0.3, 0.4) is 0 Å². The molecule has 0 aromatic heterocycles. The van der Waals surface area contributed by atoms with Crippen LogP contribution >= 0.6 is 0 Å². The zero-order valence-electron chi connectivity index (χ0n) is 23.6. The molecule has 0 spiro atoms. The van der Waals surface area contributed by atoms with Gasteiger partial charge in [0.05, 0.1) is 5.69 Å². The van der Waals surface area contributed by atoms with Crippen LogP contribution in [0.25, 0.3) is 0 Å². The van der Waals surface area contributed by atoms with Gasteiger partial charge in [0.2, 0.25) is 11.8 Å². The monoisotopic (exact) mass is 586 g/mol. The molecule has 3 rings (SSSR count). The number of hydrogen-bond donors (Lipinski definition) is 1. The van der Waals surface area contributed by atoms with Crippen LogP contribution in [-0.2, 0) is 32.8 Å². The fraction of sp³-hybridized carbons (Fsp3) is 0.333. The second-order valence-corrected chi connectivity index (χ2v) is 12.3. The van der Waals surface area contributed by atoms with Gasteiger partial charge in [-0.25, -0.2) is 13.1 Å². The lowest BCUT2D eigenvalue weighted by molar-refractivity contribution is -0.140. The Hall–Kier alpha value is -3.83. The molecule has 220 valence electrons. The summed E-state index contributed by atoms with van der Waals surface area (Å²) >= 11 is 0. The first-order valence-corrected chi connectivity index (χ1v) is 14.6. The lowest BCUT2D eigenvalue weighted by Gasteiger charge is -2.34. The summed E-state index contributed by atoms with van der Waals surface area (Å²) in [5.41, 5.74) is 0.988. The van der Waals surface area contributed by atoms with Gasteiger partial charge in [-0.3, -0.25) is 9.59 Å². The van der Waals surface area contributed by atoms with E-state index >= 15 is 0 Å². The van der Waals surface area contributed by atoms with Crippen molar-refractivity contribution in [2.45, 2.75) is 32.9 Å². The number of carbonyl (C=O) groups is 2. The van der Waals surface area contributed by atoms with E-state index in [1.807, 2.05) is 32.0 Å². The van der Waals surface area contributed by atoms with Crippen LogP contribution in [0.2, 0.25) is 0 Å². The maximum atomic E-state index is 14.8. The van der Waals surface area contributed by atoms with Gasteiger partial charge in [-0.15, -0.1) is 0 Å². The fourth-order valence-electron chi connectivity index (χ4n) is 4.11. The van der Waals surface area contributed by atoms with E-state index in [4.69, 9.17) is 0 Å². The van der Waals surface area contributed by atoms with Crippen molar-refractivity contribution in [3.8, 4) is 0 Å². The third kappa shape index (κ3) is 8.58. The molecular formula is C30H36F2N4O4S. The molecule has 0 heterocycles. The molecule has 0 saturated heterocycles. The number of nitrogens with zero attached hydrogens (tertiary/aromatic N) is 3. The van der Waals surface area contributed by atoms with Crippen molar-refractivity contribution in [3.63, 3.8) is 0 Å². The Bertz CT molecular complexity index is 1420. The zero-order chi connectivity index (χ0) is 30.2. The second-order valence-electron chi connectivity index (χ2n) is 10.2. The number of rotatable bonds is 13. The number of benzene rings is 3. The van der Waals surface area contributed by atoms with Crippen LogP contribution in [0.15, 0.2) is 78.9 Å². The molecule has 0 unspecified atom stereocenters. The molecule has 0 aliphatic rings. The van der Waals surface area contributed by atoms with Gasteiger partial charge in [0.25, 0.3) is 0 Å². The topological polar surface area (TPSA) is 90.0 Å². The van der Waals surface area contributed by atoms with E-state index in [2.05, 4.69) is 5.32 Å². The Balaban J connectivity index is 2.09. The van der Waals surface area contributed by atoms with Gasteiger partial charge in [-0.2, -0.15) is 12.7 Å². The van der Waals surface area contributed by atoms with Crippen molar-refractivity contribution in [3.05, 3.63) is 102 Å². The van der Waals surface area contributed by atoms with Gasteiger partial charge in [-0.1, -0.05) is 62.4 Å². The predicted octanol–water partition coefficient (Wildman–Crippen LogP) is 3.99. The summed E-state index contributed by atoms with van der Waals surface area (Å²) in [6.07, 6.45) is 0.113. The Morgan fingerprint density at radius 1 is 0.878 bits per heavy atom. The maximum Gasteiger partial charge on any atom is 0.304 e. The summed E-state index contributed by atoms with van der Waals surface area (Å²) in [4.78, 5) is 28.9. The first kappa shape index (κ1) is 31.7. The standard InChI is InChI=1S/C30H36F2N4O4S/c1-22(2)19-33-30(38)28(18-23-10-6-5-7-11-23)35(20-24-12-8-9-13-27(24)32)29(37)21-36(41(39,40)34(3)4)26-16-14-25(31)15-17-26/h5-17,22,28H,18-21H2,1-4H3,(H,33,38)/t28-/m1/s1. The molecule has 0 saturated carbocycles. The highest BCUT2D eigenvalue weighted by Gasteiger charge is 2.35. The molecule has 3 aromatic carbocycles.